The zero-order valence-corrected chi connectivity index (χ0v) is 13.2. The summed E-state index contributed by atoms with van der Waals surface area (Å²) in [5.74, 6) is 1.84. The zero-order chi connectivity index (χ0) is 16.2. The number of nitrogens with one attached hydrogen (secondary N) is 1. The monoisotopic (exact) mass is 322 g/mol. The SMILES string of the molecule is c1ccc(-c2noc(-c3cccnc3N3CCCNCC3)n2)nc1. The summed E-state index contributed by atoms with van der Waals surface area (Å²) in [4.78, 5) is 15.6. The summed E-state index contributed by atoms with van der Waals surface area (Å²) in [5, 5.41) is 7.46. The first-order chi connectivity index (χ1) is 11.9. The number of nitrogens with zero attached hydrogens (tertiary/aromatic N) is 5. The number of hydrogen-bond acceptors (Lipinski definition) is 7. The molecule has 1 fully saturated rings. The van der Waals surface area contributed by atoms with E-state index in [1.165, 1.54) is 0 Å². The minimum atomic E-state index is 0.468. The molecular weight excluding hydrogens is 304 g/mol. The molecule has 4 rings (SSSR count). The fourth-order valence-corrected chi connectivity index (χ4v) is 2.81. The highest BCUT2D eigenvalue weighted by molar-refractivity contribution is 5.70. The van der Waals surface area contributed by atoms with Crippen molar-refractivity contribution in [1.82, 2.24) is 25.4 Å². The van der Waals surface area contributed by atoms with Gasteiger partial charge in [-0.3, -0.25) is 4.98 Å². The van der Waals surface area contributed by atoms with E-state index in [1.54, 1.807) is 12.4 Å². The summed E-state index contributed by atoms with van der Waals surface area (Å²) in [6, 6.07) is 9.48. The molecule has 0 spiro atoms. The summed E-state index contributed by atoms with van der Waals surface area (Å²) in [7, 11) is 0. The van der Waals surface area contributed by atoms with Crippen molar-refractivity contribution in [1.29, 1.82) is 0 Å². The highest BCUT2D eigenvalue weighted by Gasteiger charge is 2.20. The van der Waals surface area contributed by atoms with E-state index in [2.05, 4.69) is 30.3 Å². The van der Waals surface area contributed by atoms with Gasteiger partial charge < -0.3 is 14.7 Å². The molecule has 0 bridgehead atoms. The number of hydrogen-bond donors (Lipinski definition) is 1. The summed E-state index contributed by atoms with van der Waals surface area (Å²) in [5.41, 5.74) is 1.55. The van der Waals surface area contributed by atoms with E-state index in [-0.39, 0.29) is 0 Å². The Morgan fingerprint density at radius 1 is 1.00 bits per heavy atom. The lowest BCUT2D eigenvalue weighted by atomic mass is 10.2. The molecule has 0 aromatic carbocycles. The third kappa shape index (κ3) is 2.98. The summed E-state index contributed by atoms with van der Waals surface area (Å²) < 4.78 is 5.48. The molecule has 7 heteroatoms. The Hall–Kier alpha value is -2.80. The summed E-state index contributed by atoms with van der Waals surface area (Å²) in [6.45, 7) is 3.84. The normalized spacial score (nSPS) is 15.2. The van der Waals surface area contributed by atoms with Gasteiger partial charge in [0.05, 0.1) is 5.56 Å². The minimum absolute atomic E-state index is 0.468. The third-order valence-electron chi connectivity index (χ3n) is 3.98. The van der Waals surface area contributed by atoms with Crippen molar-refractivity contribution in [3.05, 3.63) is 42.7 Å². The van der Waals surface area contributed by atoms with Crippen molar-refractivity contribution in [2.75, 3.05) is 31.1 Å². The average molecular weight is 322 g/mol. The molecule has 1 aliphatic rings. The number of aromatic nitrogens is 4. The fourth-order valence-electron chi connectivity index (χ4n) is 2.81. The van der Waals surface area contributed by atoms with Crippen molar-refractivity contribution >= 4 is 5.82 Å². The van der Waals surface area contributed by atoms with E-state index in [4.69, 9.17) is 4.52 Å². The molecule has 0 atom stereocenters. The van der Waals surface area contributed by atoms with Crippen LogP contribution in [-0.4, -0.2) is 46.3 Å². The fraction of sp³-hybridized carbons (Fsp3) is 0.294. The number of rotatable bonds is 3. The third-order valence-corrected chi connectivity index (χ3v) is 3.98. The molecule has 3 aromatic heterocycles. The number of anilines is 1. The van der Waals surface area contributed by atoms with Crippen molar-refractivity contribution in [3.63, 3.8) is 0 Å². The Kier molecular flexibility index (Phi) is 4.16. The lowest BCUT2D eigenvalue weighted by Gasteiger charge is -2.22. The van der Waals surface area contributed by atoms with Crippen LogP contribution in [0.5, 0.6) is 0 Å². The average Bonchev–Trinajstić information content (AvgIpc) is 2.98. The van der Waals surface area contributed by atoms with E-state index in [0.29, 0.717) is 17.4 Å². The Labute approximate surface area is 139 Å². The summed E-state index contributed by atoms with van der Waals surface area (Å²) in [6.07, 6.45) is 4.59. The zero-order valence-electron chi connectivity index (χ0n) is 13.2. The summed E-state index contributed by atoms with van der Waals surface area (Å²) >= 11 is 0. The largest absolute Gasteiger partial charge is 0.355 e. The molecule has 0 amide bonds. The standard InChI is InChI=1S/C17H18N6O/c1-2-8-19-14(6-1)15-21-17(24-22-15)13-5-3-9-20-16(13)23-11-4-7-18-10-12-23/h1-3,5-6,8-9,18H,4,7,10-12H2. The molecular formula is C17H18N6O. The van der Waals surface area contributed by atoms with Crippen LogP contribution in [0.1, 0.15) is 6.42 Å². The van der Waals surface area contributed by atoms with Gasteiger partial charge in [-0.05, 0) is 37.2 Å². The second-order valence-electron chi connectivity index (χ2n) is 5.60. The van der Waals surface area contributed by atoms with Gasteiger partial charge in [-0.1, -0.05) is 11.2 Å². The van der Waals surface area contributed by atoms with Gasteiger partial charge in [0.25, 0.3) is 5.89 Å². The number of pyridine rings is 2. The lowest BCUT2D eigenvalue weighted by Crippen LogP contribution is -2.29. The van der Waals surface area contributed by atoms with E-state index < -0.39 is 0 Å². The van der Waals surface area contributed by atoms with E-state index >= 15 is 0 Å². The van der Waals surface area contributed by atoms with Gasteiger partial charge >= 0.3 is 0 Å². The molecule has 4 heterocycles. The highest BCUT2D eigenvalue weighted by Crippen LogP contribution is 2.29. The molecule has 122 valence electrons. The maximum atomic E-state index is 5.48. The van der Waals surface area contributed by atoms with Gasteiger partial charge in [-0.25, -0.2) is 4.98 Å². The molecule has 1 N–H and O–H groups in total. The molecule has 0 radical (unpaired) electrons. The van der Waals surface area contributed by atoms with Gasteiger partial charge in [0.15, 0.2) is 0 Å². The Bertz CT molecular complexity index is 796. The lowest BCUT2D eigenvalue weighted by molar-refractivity contribution is 0.432. The molecule has 24 heavy (non-hydrogen) atoms. The van der Waals surface area contributed by atoms with Gasteiger partial charge in [-0.15, -0.1) is 0 Å². The van der Waals surface area contributed by atoms with Crippen molar-refractivity contribution in [2.24, 2.45) is 0 Å². The van der Waals surface area contributed by atoms with Crippen LogP contribution in [-0.2, 0) is 0 Å². The predicted molar refractivity (Wildman–Crippen MR) is 90.5 cm³/mol. The molecule has 3 aromatic rings. The van der Waals surface area contributed by atoms with Crippen molar-refractivity contribution in [2.45, 2.75) is 6.42 Å². The first-order valence-corrected chi connectivity index (χ1v) is 8.08. The second kappa shape index (κ2) is 6.76. The van der Waals surface area contributed by atoms with E-state index in [9.17, 15) is 0 Å². The van der Waals surface area contributed by atoms with E-state index in [0.717, 1.165) is 44.0 Å². The molecule has 7 nitrogen and oxygen atoms in total. The van der Waals surface area contributed by atoms with Crippen LogP contribution in [0.25, 0.3) is 23.0 Å². The molecule has 0 aliphatic carbocycles. The van der Waals surface area contributed by atoms with Crippen molar-refractivity contribution in [3.8, 4) is 23.0 Å². The van der Waals surface area contributed by atoms with Gasteiger partial charge in [-0.2, -0.15) is 4.98 Å². The van der Waals surface area contributed by atoms with Gasteiger partial charge in [0.1, 0.15) is 11.5 Å². The smallest absolute Gasteiger partial charge is 0.262 e. The minimum Gasteiger partial charge on any atom is -0.355 e. The van der Waals surface area contributed by atoms with E-state index in [1.807, 2.05) is 30.3 Å². The second-order valence-corrected chi connectivity index (χ2v) is 5.60. The Morgan fingerprint density at radius 2 is 1.96 bits per heavy atom. The van der Waals surface area contributed by atoms with Crippen LogP contribution in [0.4, 0.5) is 5.82 Å². The van der Waals surface area contributed by atoms with Crippen LogP contribution < -0.4 is 10.2 Å². The molecule has 1 saturated heterocycles. The molecule has 0 unspecified atom stereocenters. The van der Waals surface area contributed by atoms with Gasteiger partial charge in [0.2, 0.25) is 5.82 Å². The molecule has 1 aliphatic heterocycles. The quantitative estimate of drug-likeness (QED) is 0.790. The molecule has 0 saturated carbocycles. The topological polar surface area (TPSA) is 80.0 Å². The van der Waals surface area contributed by atoms with Crippen LogP contribution >= 0.6 is 0 Å². The Morgan fingerprint density at radius 3 is 2.88 bits per heavy atom. The highest BCUT2D eigenvalue weighted by atomic mass is 16.5. The van der Waals surface area contributed by atoms with Crippen molar-refractivity contribution < 1.29 is 4.52 Å². The predicted octanol–water partition coefficient (Wildman–Crippen LogP) is 1.99. The van der Waals surface area contributed by atoms with Crippen LogP contribution in [0, 0.1) is 0 Å². The first kappa shape index (κ1) is 14.8. The maximum absolute atomic E-state index is 5.48. The van der Waals surface area contributed by atoms with Crippen LogP contribution in [0.3, 0.4) is 0 Å². The van der Waals surface area contributed by atoms with Crippen LogP contribution in [0.2, 0.25) is 0 Å². The first-order valence-electron chi connectivity index (χ1n) is 8.08. The Balaban J connectivity index is 1.68. The maximum Gasteiger partial charge on any atom is 0.262 e. The van der Waals surface area contributed by atoms with Crippen LogP contribution in [0.15, 0.2) is 47.2 Å². The van der Waals surface area contributed by atoms with Gasteiger partial charge in [0, 0.05) is 32.0 Å².